The molecule has 2 N–H and O–H groups in total. The van der Waals surface area contributed by atoms with Crippen molar-refractivity contribution in [3.05, 3.63) is 33.3 Å². The van der Waals surface area contributed by atoms with Gasteiger partial charge in [-0.2, -0.15) is 0 Å². The lowest BCUT2D eigenvalue weighted by Gasteiger charge is -2.22. The van der Waals surface area contributed by atoms with Crippen molar-refractivity contribution >= 4 is 33.4 Å². The van der Waals surface area contributed by atoms with E-state index in [1.54, 1.807) is 18.2 Å². The van der Waals surface area contributed by atoms with Crippen LogP contribution in [-0.4, -0.2) is 38.3 Å². The van der Waals surface area contributed by atoms with Crippen LogP contribution in [0.3, 0.4) is 0 Å². The minimum atomic E-state index is -0.111. The first kappa shape index (κ1) is 16.7. The van der Waals surface area contributed by atoms with E-state index in [1.807, 2.05) is 0 Å². The highest BCUT2D eigenvalue weighted by molar-refractivity contribution is 9.10. The summed E-state index contributed by atoms with van der Waals surface area (Å²) in [6.45, 7) is 3.36. The highest BCUT2D eigenvalue weighted by Crippen LogP contribution is 2.19. The molecule has 0 bridgehead atoms. The maximum absolute atomic E-state index is 12.0. The summed E-state index contributed by atoms with van der Waals surface area (Å²) in [4.78, 5) is 12.0. The molecule has 2 rings (SSSR count). The van der Waals surface area contributed by atoms with Crippen LogP contribution in [0.25, 0.3) is 0 Å². The summed E-state index contributed by atoms with van der Waals surface area (Å²) < 4.78 is 6.59. The Balaban J connectivity index is 1.64. The number of carbonyl (C=O) groups is 1. The molecular formula is C15H20BrClN2O2. The Labute approximate surface area is 138 Å². The van der Waals surface area contributed by atoms with Crippen LogP contribution in [0.5, 0.6) is 0 Å². The molecule has 1 aliphatic rings. The maximum Gasteiger partial charge on any atom is 0.251 e. The van der Waals surface area contributed by atoms with Gasteiger partial charge < -0.3 is 15.4 Å². The van der Waals surface area contributed by atoms with Crippen molar-refractivity contribution in [1.82, 2.24) is 10.6 Å². The summed E-state index contributed by atoms with van der Waals surface area (Å²) >= 11 is 9.26. The van der Waals surface area contributed by atoms with Crippen LogP contribution in [0, 0.1) is 0 Å². The second kappa shape index (κ2) is 8.73. The molecule has 0 radical (unpaired) electrons. The van der Waals surface area contributed by atoms with Crippen molar-refractivity contribution in [2.45, 2.75) is 25.4 Å². The number of ether oxygens (including phenoxy) is 1. The molecule has 0 aromatic heterocycles. The molecule has 0 unspecified atom stereocenters. The fraction of sp³-hybridized carbons (Fsp3) is 0.533. The van der Waals surface area contributed by atoms with Gasteiger partial charge in [0.05, 0.1) is 6.10 Å². The van der Waals surface area contributed by atoms with Crippen molar-refractivity contribution in [3.63, 3.8) is 0 Å². The summed E-state index contributed by atoms with van der Waals surface area (Å²) in [6, 6.07) is 5.17. The van der Waals surface area contributed by atoms with E-state index in [0.717, 1.165) is 36.8 Å². The third-order valence-corrected chi connectivity index (χ3v) is 4.05. The summed E-state index contributed by atoms with van der Waals surface area (Å²) in [5.41, 5.74) is 0.564. The minimum absolute atomic E-state index is 0.111. The molecule has 1 aliphatic heterocycles. The predicted octanol–water partition coefficient (Wildman–Crippen LogP) is 2.99. The second-order valence-electron chi connectivity index (χ2n) is 5.09. The molecule has 0 atom stereocenters. The Kier molecular flexibility index (Phi) is 6.96. The zero-order valence-corrected chi connectivity index (χ0v) is 14.2. The highest BCUT2D eigenvalue weighted by Gasteiger charge is 2.12. The predicted molar refractivity (Wildman–Crippen MR) is 87.9 cm³/mol. The van der Waals surface area contributed by atoms with E-state index in [9.17, 15) is 4.79 Å². The monoisotopic (exact) mass is 374 g/mol. The van der Waals surface area contributed by atoms with Crippen molar-refractivity contribution in [1.29, 1.82) is 0 Å². The number of rotatable bonds is 6. The smallest absolute Gasteiger partial charge is 0.251 e. The summed E-state index contributed by atoms with van der Waals surface area (Å²) in [6.07, 6.45) is 3.33. The molecule has 6 heteroatoms. The highest BCUT2D eigenvalue weighted by atomic mass is 79.9. The number of piperidine rings is 1. The van der Waals surface area contributed by atoms with Gasteiger partial charge in [0.15, 0.2) is 0 Å². The van der Waals surface area contributed by atoms with Crippen LogP contribution in [0.1, 0.15) is 29.6 Å². The van der Waals surface area contributed by atoms with E-state index < -0.39 is 0 Å². The van der Waals surface area contributed by atoms with Gasteiger partial charge in [0.2, 0.25) is 0 Å². The first-order valence-electron chi connectivity index (χ1n) is 7.22. The molecule has 0 saturated carbocycles. The SMILES string of the molecule is O=C(NCCCOC1CCNCC1)c1cc(Cl)cc(Br)c1. The molecule has 0 spiro atoms. The molecule has 21 heavy (non-hydrogen) atoms. The summed E-state index contributed by atoms with van der Waals surface area (Å²) in [7, 11) is 0. The van der Waals surface area contributed by atoms with Crippen LogP contribution < -0.4 is 10.6 Å². The van der Waals surface area contributed by atoms with Gasteiger partial charge in [-0.15, -0.1) is 0 Å². The van der Waals surface area contributed by atoms with E-state index in [0.29, 0.717) is 29.8 Å². The summed E-state index contributed by atoms with van der Waals surface area (Å²) in [5, 5.41) is 6.73. The topological polar surface area (TPSA) is 50.4 Å². The van der Waals surface area contributed by atoms with Crippen LogP contribution in [0.4, 0.5) is 0 Å². The van der Waals surface area contributed by atoms with Crippen LogP contribution in [0.2, 0.25) is 5.02 Å². The second-order valence-corrected chi connectivity index (χ2v) is 6.44. The molecule has 1 heterocycles. The number of amides is 1. The maximum atomic E-state index is 12.0. The van der Waals surface area contributed by atoms with Gasteiger partial charge in [-0.3, -0.25) is 4.79 Å². The quantitative estimate of drug-likeness (QED) is 0.752. The van der Waals surface area contributed by atoms with E-state index >= 15 is 0 Å². The third-order valence-electron chi connectivity index (χ3n) is 3.37. The number of benzene rings is 1. The third kappa shape index (κ3) is 5.94. The Bertz CT molecular complexity index is 458. The normalized spacial score (nSPS) is 15.9. The van der Waals surface area contributed by atoms with Gasteiger partial charge in [-0.1, -0.05) is 27.5 Å². The van der Waals surface area contributed by atoms with E-state index in [2.05, 4.69) is 26.6 Å². The van der Waals surface area contributed by atoms with Crippen LogP contribution in [0.15, 0.2) is 22.7 Å². The lowest BCUT2D eigenvalue weighted by atomic mass is 10.1. The van der Waals surface area contributed by atoms with E-state index in [-0.39, 0.29) is 5.91 Å². The Morgan fingerprint density at radius 3 is 2.86 bits per heavy atom. The number of nitrogens with one attached hydrogen (secondary N) is 2. The Morgan fingerprint density at radius 2 is 2.14 bits per heavy atom. The Morgan fingerprint density at radius 1 is 1.38 bits per heavy atom. The molecular weight excluding hydrogens is 356 g/mol. The minimum Gasteiger partial charge on any atom is -0.378 e. The average molecular weight is 376 g/mol. The van der Waals surface area contributed by atoms with Gasteiger partial charge in [-0.25, -0.2) is 0 Å². The number of halogens is 2. The van der Waals surface area contributed by atoms with Crippen molar-refractivity contribution in [2.75, 3.05) is 26.2 Å². The molecule has 1 saturated heterocycles. The fourth-order valence-electron chi connectivity index (χ4n) is 2.27. The first-order valence-corrected chi connectivity index (χ1v) is 8.39. The molecule has 116 valence electrons. The average Bonchev–Trinajstić information content (AvgIpc) is 2.47. The van der Waals surface area contributed by atoms with Crippen molar-refractivity contribution in [3.8, 4) is 0 Å². The fourth-order valence-corrected chi connectivity index (χ4v) is 3.13. The summed E-state index contributed by atoms with van der Waals surface area (Å²) in [5.74, 6) is -0.111. The van der Waals surface area contributed by atoms with Gasteiger partial charge in [0.25, 0.3) is 5.91 Å². The number of carbonyl (C=O) groups excluding carboxylic acids is 1. The molecule has 0 aliphatic carbocycles. The standard InChI is InChI=1S/C15H20BrClN2O2/c16-12-8-11(9-13(17)10-12)15(20)19-4-1-7-21-14-2-5-18-6-3-14/h8-10,14,18H,1-7H2,(H,19,20). The largest absolute Gasteiger partial charge is 0.378 e. The van der Waals surface area contributed by atoms with E-state index in [1.165, 1.54) is 0 Å². The van der Waals surface area contributed by atoms with Gasteiger partial charge in [0.1, 0.15) is 0 Å². The molecule has 4 nitrogen and oxygen atoms in total. The van der Waals surface area contributed by atoms with Gasteiger partial charge in [0, 0.05) is 28.2 Å². The van der Waals surface area contributed by atoms with Crippen molar-refractivity contribution < 1.29 is 9.53 Å². The first-order chi connectivity index (χ1) is 10.1. The molecule has 1 aromatic carbocycles. The van der Waals surface area contributed by atoms with Crippen molar-refractivity contribution in [2.24, 2.45) is 0 Å². The zero-order chi connectivity index (χ0) is 15.1. The lowest BCUT2D eigenvalue weighted by molar-refractivity contribution is 0.0318. The van der Waals surface area contributed by atoms with Crippen LogP contribution >= 0.6 is 27.5 Å². The molecule has 1 aromatic rings. The number of hydrogen-bond donors (Lipinski definition) is 2. The van der Waals surface area contributed by atoms with Crippen LogP contribution in [-0.2, 0) is 4.74 Å². The lowest BCUT2D eigenvalue weighted by Crippen LogP contribution is -2.33. The van der Waals surface area contributed by atoms with Gasteiger partial charge >= 0.3 is 0 Å². The Hall–Kier alpha value is -0.620. The van der Waals surface area contributed by atoms with E-state index in [4.69, 9.17) is 16.3 Å². The zero-order valence-electron chi connectivity index (χ0n) is 11.8. The molecule has 1 amide bonds. The van der Waals surface area contributed by atoms with Gasteiger partial charge in [-0.05, 0) is 50.6 Å². The number of hydrogen-bond acceptors (Lipinski definition) is 3. The molecule has 1 fully saturated rings.